The van der Waals surface area contributed by atoms with Crippen molar-refractivity contribution in [3.05, 3.63) is 29.8 Å². The van der Waals surface area contributed by atoms with Crippen molar-refractivity contribution in [2.75, 3.05) is 25.0 Å². The molecule has 0 aliphatic rings. The predicted molar refractivity (Wildman–Crippen MR) is 78.4 cm³/mol. The Balaban J connectivity index is 2.62. The van der Waals surface area contributed by atoms with Gasteiger partial charge in [-0.1, -0.05) is 32.4 Å². The number of hydrogen-bond acceptors (Lipinski definition) is 3. The van der Waals surface area contributed by atoms with Crippen molar-refractivity contribution in [2.45, 2.75) is 26.7 Å². The molecule has 1 unspecified atom stereocenters. The van der Waals surface area contributed by atoms with Crippen LogP contribution in [0.2, 0.25) is 0 Å². The van der Waals surface area contributed by atoms with Crippen LogP contribution in [0.1, 0.15) is 37.0 Å². The molecule has 0 bridgehead atoms. The number of nitrogens with one attached hydrogen (secondary N) is 2. The van der Waals surface area contributed by atoms with Crippen LogP contribution in [0.3, 0.4) is 0 Å². The summed E-state index contributed by atoms with van der Waals surface area (Å²) in [5.41, 5.74) is 1.52. The molecule has 1 atom stereocenters. The summed E-state index contributed by atoms with van der Waals surface area (Å²) >= 11 is 0. The molecule has 0 radical (unpaired) electrons. The molecule has 4 heteroatoms. The number of carbonyl (C=O) groups excluding carboxylic acids is 1. The van der Waals surface area contributed by atoms with Gasteiger partial charge in [-0.15, -0.1) is 0 Å². The Morgan fingerprint density at radius 3 is 2.79 bits per heavy atom. The smallest absolute Gasteiger partial charge is 0.253 e. The van der Waals surface area contributed by atoms with Gasteiger partial charge in [0.15, 0.2) is 0 Å². The van der Waals surface area contributed by atoms with Gasteiger partial charge in [0.2, 0.25) is 0 Å². The standard InChI is InChI=1S/C15H24N2O2/c1-3-4-9-16-14-8-6-5-7-13(14)15(19)17-10-12(2)11-18/h5-8,12,16,18H,3-4,9-11H2,1-2H3,(H,17,19). The summed E-state index contributed by atoms with van der Waals surface area (Å²) < 4.78 is 0. The third kappa shape index (κ3) is 5.30. The van der Waals surface area contributed by atoms with Crippen LogP contribution in [0.4, 0.5) is 5.69 Å². The third-order valence-corrected chi connectivity index (χ3v) is 2.94. The summed E-state index contributed by atoms with van der Waals surface area (Å²) in [6, 6.07) is 7.50. The average Bonchev–Trinajstić information content (AvgIpc) is 2.45. The van der Waals surface area contributed by atoms with E-state index in [9.17, 15) is 4.79 Å². The van der Waals surface area contributed by atoms with Crippen LogP contribution >= 0.6 is 0 Å². The molecule has 19 heavy (non-hydrogen) atoms. The van der Waals surface area contributed by atoms with Crippen molar-refractivity contribution in [3.8, 4) is 0 Å². The molecule has 3 N–H and O–H groups in total. The van der Waals surface area contributed by atoms with Gasteiger partial charge in [0.05, 0.1) is 5.56 Å². The quantitative estimate of drug-likeness (QED) is 0.631. The summed E-state index contributed by atoms with van der Waals surface area (Å²) in [4.78, 5) is 12.1. The maximum absolute atomic E-state index is 12.1. The second kappa shape index (κ2) is 8.53. The van der Waals surface area contributed by atoms with Crippen LogP contribution < -0.4 is 10.6 Å². The molecule has 1 aromatic rings. The topological polar surface area (TPSA) is 61.4 Å². The van der Waals surface area contributed by atoms with Gasteiger partial charge in [0, 0.05) is 25.4 Å². The van der Waals surface area contributed by atoms with E-state index in [2.05, 4.69) is 17.6 Å². The Kier molecular flexibility index (Phi) is 6.97. The Morgan fingerprint density at radius 1 is 1.37 bits per heavy atom. The molecule has 1 amide bonds. The summed E-state index contributed by atoms with van der Waals surface area (Å²) in [5.74, 6) is -0.0240. The zero-order valence-electron chi connectivity index (χ0n) is 11.8. The summed E-state index contributed by atoms with van der Waals surface area (Å²) in [6.45, 7) is 5.46. The second-order valence-corrected chi connectivity index (χ2v) is 4.82. The van der Waals surface area contributed by atoms with E-state index in [-0.39, 0.29) is 18.4 Å². The van der Waals surface area contributed by atoms with Crippen molar-refractivity contribution in [3.63, 3.8) is 0 Å². The van der Waals surface area contributed by atoms with Crippen LogP contribution in [0.25, 0.3) is 0 Å². The van der Waals surface area contributed by atoms with E-state index in [0.29, 0.717) is 12.1 Å². The van der Waals surface area contributed by atoms with Gasteiger partial charge >= 0.3 is 0 Å². The monoisotopic (exact) mass is 264 g/mol. The molecule has 0 heterocycles. The second-order valence-electron chi connectivity index (χ2n) is 4.82. The minimum absolute atomic E-state index is 0.0733. The molecule has 106 valence electrons. The predicted octanol–water partition coefficient (Wildman–Crippen LogP) is 2.26. The largest absolute Gasteiger partial charge is 0.396 e. The number of benzene rings is 1. The maximum atomic E-state index is 12.1. The van der Waals surface area contributed by atoms with E-state index in [4.69, 9.17) is 5.11 Å². The molecule has 0 fully saturated rings. The molecule has 4 nitrogen and oxygen atoms in total. The fraction of sp³-hybridized carbons (Fsp3) is 0.533. The molecular formula is C15H24N2O2. The normalized spacial score (nSPS) is 11.9. The van der Waals surface area contributed by atoms with E-state index >= 15 is 0 Å². The molecule has 0 saturated carbocycles. The first-order chi connectivity index (χ1) is 9.19. The van der Waals surface area contributed by atoms with Gasteiger partial charge in [0.25, 0.3) is 5.91 Å². The van der Waals surface area contributed by atoms with Gasteiger partial charge in [-0.2, -0.15) is 0 Å². The first-order valence-corrected chi connectivity index (χ1v) is 6.91. The lowest BCUT2D eigenvalue weighted by Gasteiger charge is -2.13. The number of para-hydroxylation sites is 1. The number of carbonyl (C=O) groups is 1. The molecular weight excluding hydrogens is 240 g/mol. The number of unbranched alkanes of at least 4 members (excludes halogenated alkanes) is 1. The average molecular weight is 264 g/mol. The maximum Gasteiger partial charge on any atom is 0.253 e. The zero-order chi connectivity index (χ0) is 14.1. The van der Waals surface area contributed by atoms with E-state index in [1.54, 1.807) is 0 Å². The lowest BCUT2D eigenvalue weighted by Crippen LogP contribution is -2.30. The summed E-state index contributed by atoms with van der Waals surface area (Å²) in [5, 5.41) is 15.1. The highest BCUT2D eigenvalue weighted by atomic mass is 16.3. The van der Waals surface area contributed by atoms with Gasteiger partial charge in [-0.3, -0.25) is 4.79 Å². The molecule has 0 aliphatic heterocycles. The van der Waals surface area contributed by atoms with Crippen LogP contribution in [-0.4, -0.2) is 30.7 Å². The van der Waals surface area contributed by atoms with Crippen LogP contribution in [-0.2, 0) is 0 Å². The first kappa shape index (κ1) is 15.5. The van der Waals surface area contributed by atoms with Gasteiger partial charge in [-0.05, 0) is 24.5 Å². The van der Waals surface area contributed by atoms with E-state index in [1.165, 1.54) is 0 Å². The Morgan fingerprint density at radius 2 is 2.11 bits per heavy atom. The van der Waals surface area contributed by atoms with E-state index in [1.807, 2.05) is 31.2 Å². The Hall–Kier alpha value is -1.55. The van der Waals surface area contributed by atoms with Gasteiger partial charge < -0.3 is 15.7 Å². The van der Waals surface area contributed by atoms with E-state index in [0.717, 1.165) is 25.1 Å². The molecule has 0 spiro atoms. The van der Waals surface area contributed by atoms with Crippen molar-refractivity contribution >= 4 is 11.6 Å². The fourth-order valence-corrected chi connectivity index (χ4v) is 1.66. The number of hydrogen-bond donors (Lipinski definition) is 3. The molecule has 1 aromatic carbocycles. The number of amides is 1. The highest BCUT2D eigenvalue weighted by molar-refractivity contribution is 5.99. The minimum Gasteiger partial charge on any atom is -0.396 e. The SMILES string of the molecule is CCCCNc1ccccc1C(=O)NCC(C)CO. The molecule has 0 aliphatic carbocycles. The fourth-order valence-electron chi connectivity index (χ4n) is 1.66. The number of aliphatic hydroxyl groups is 1. The first-order valence-electron chi connectivity index (χ1n) is 6.91. The van der Waals surface area contributed by atoms with Gasteiger partial charge in [-0.25, -0.2) is 0 Å². The highest BCUT2D eigenvalue weighted by Gasteiger charge is 2.11. The van der Waals surface area contributed by atoms with E-state index < -0.39 is 0 Å². The number of anilines is 1. The Labute approximate surface area is 115 Å². The summed E-state index contributed by atoms with van der Waals surface area (Å²) in [7, 11) is 0. The highest BCUT2D eigenvalue weighted by Crippen LogP contribution is 2.15. The lowest BCUT2D eigenvalue weighted by atomic mass is 10.1. The molecule has 0 aromatic heterocycles. The number of aliphatic hydroxyl groups excluding tert-OH is 1. The van der Waals surface area contributed by atoms with Crippen LogP contribution in [0.15, 0.2) is 24.3 Å². The van der Waals surface area contributed by atoms with Crippen LogP contribution in [0.5, 0.6) is 0 Å². The van der Waals surface area contributed by atoms with Gasteiger partial charge in [0.1, 0.15) is 0 Å². The molecule has 1 rings (SSSR count). The van der Waals surface area contributed by atoms with Crippen molar-refractivity contribution in [1.29, 1.82) is 0 Å². The third-order valence-electron chi connectivity index (χ3n) is 2.94. The number of rotatable bonds is 8. The molecule has 0 saturated heterocycles. The van der Waals surface area contributed by atoms with Crippen molar-refractivity contribution in [2.24, 2.45) is 5.92 Å². The zero-order valence-corrected chi connectivity index (χ0v) is 11.8. The summed E-state index contributed by atoms with van der Waals surface area (Å²) in [6.07, 6.45) is 2.20. The minimum atomic E-state index is -0.0973. The lowest BCUT2D eigenvalue weighted by molar-refractivity contribution is 0.0943. The Bertz CT molecular complexity index is 393. The van der Waals surface area contributed by atoms with Crippen molar-refractivity contribution in [1.82, 2.24) is 5.32 Å². The van der Waals surface area contributed by atoms with Crippen LogP contribution in [0, 0.1) is 5.92 Å². The van der Waals surface area contributed by atoms with Crippen molar-refractivity contribution < 1.29 is 9.90 Å².